The number of benzene rings is 1. The molecule has 3 heterocycles. The van der Waals surface area contributed by atoms with Gasteiger partial charge in [-0.05, 0) is 112 Å². The molecule has 0 bridgehead atoms. The second-order valence-electron chi connectivity index (χ2n) is 28.6. The largest absolute Gasteiger partial charge is 0.417 e. The highest BCUT2D eigenvalue weighted by molar-refractivity contribution is 6.31. The van der Waals surface area contributed by atoms with Gasteiger partial charge < -0.3 is 60.0 Å². The first-order chi connectivity index (χ1) is 46.3. The topological polar surface area (TPSA) is 270 Å². The van der Waals surface area contributed by atoms with Crippen molar-refractivity contribution < 1.29 is 70.7 Å². The lowest BCUT2D eigenvalue weighted by Crippen LogP contribution is -2.65. The van der Waals surface area contributed by atoms with Gasteiger partial charge in [-0.2, -0.15) is 13.2 Å². The van der Waals surface area contributed by atoms with Gasteiger partial charge in [-0.3, -0.25) is 57.5 Å². The van der Waals surface area contributed by atoms with Crippen molar-refractivity contribution in [1.82, 2.24) is 60.0 Å². The number of likely N-dealkylation sites (tertiary alicyclic amines) is 1. The van der Waals surface area contributed by atoms with Gasteiger partial charge in [0.2, 0.25) is 70.9 Å². The van der Waals surface area contributed by atoms with E-state index < -0.39 is 173 Å². The number of carbonyl (C=O) groups is 12. The zero-order chi connectivity index (χ0) is 72.1. The summed E-state index contributed by atoms with van der Waals surface area (Å²) in [6, 6.07) is -5.45. The molecule has 3 aliphatic heterocycles. The maximum absolute atomic E-state index is 15.7. The third kappa shape index (κ3) is 19.1. The summed E-state index contributed by atoms with van der Waals surface area (Å²) < 4.78 is 41.6. The van der Waals surface area contributed by atoms with Crippen LogP contribution in [-0.2, 0) is 70.1 Å². The average Bonchev–Trinajstić information content (AvgIpc) is 1.43. The maximum atomic E-state index is 15.7. The first kappa shape index (κ1) is 78.3. The normalized spacial score (nSPS) is 26.9. The van der Waals surface area contributed by atoms with Crippen molar-refractivity contribution in [3.8, 4) is 0 Å². The number of halogens is 4. The monoisotopic (exact) mass is 1400 g/mol. The molecule has 1 aromatic rings. The molecule has 24 nitrogen and oxygen atoms in total. The lowest BCUT2D eigenvalue weighted by molar-refractivity contribution is -0.156. The Hall–Kier alpha value is -7.06. The third-order valence-electron chi connectivity index (χ3n) is 21.7. The summed E-state index contributed by atoms with van der Waals surface area (Å²) >= 11 is 6.15. The molecule has 1 unspecified atom stereocenters. The van der Waals surface area contributed by atoms with E-state index in [1.807, 2.05) is 13.8 Å². The highest BCUT2D eigenvalue weighted by Gasteiger charge is 2.51. The molecule has 3 aliphatic carbocycles. The number of alkyl halides is 3. The van der Waals surface area contributed by atoms with Crippen LogP contribution in [0.1, 0.15) is 180 Å². The minimum atomic E-state index is -4.76. The number of amides is 12. The molecule has 1 aromatic carbocycles. The van der Waals surface area contributed by atoms with Crippen molar-refractivity contribution in [2.75, 3.05) is 88.6 Å². The standard InChI is InChI=1S/C70H106ClF3N12O12/c1-11-23-51-61(91)76-59(44(3)12-2)66(96)80(6)42-57(89)78(4)43-58(90)82(8)53(39-45-24-16-17-25-45)64(94)79(5)41-55(87)75-50(32-30-46-29-31-48(49(71)38-46)70(72,73)74)63(93)86-37-22-28-52(86)62(92)77-69(33-18-19-34-69)68(98)84(10)60(47-26-14-13-15-27-47)67(97)83(9)54(40-56(88)81(51)7)65(95)85-35-20-21-36-85/h29,31,38,44-45,47,50-54,59-60H,11-28,30,32-37,39-43H2,1-10H3,(H,75,87)(H,76,91)(H,77,92)/t44-,50-,51-,52?,53-,54-,59-,60-/m0/s1. The minimum Gasteiger partial charge on any atom is -0.343 e. The first-order valence-electron chi connectivity index (χ1n) is 35.5. The van der Waals surface area contributed by atoms with Gasteiger partial charge in [0.15, 0.2) is 0 Å². The number of fused-ring (bicyclic) bond motifs is 1. The SMILES string of the molecule is CCC[C@H]1C(=O)N[C@@H]([C@@H](C)CC)C(=O)N(C)CC(=O)N(C)CC(=O)N(C)[C@@H](CC2CCCC2)C(=O)N(C)CC(=O)N[C@@H](CCc2ccc(C(F)(F)F)c(Cl)c2)C(=O)N2CCCC2C(=O)NC2(CCCC2)C(=O)N(C)[C@@H](C2CCCCC2)C(=O)N(C)[C@H](C(=O)N2CCCC2)CC(=O)N1C. The van der Waals surface area contributed by atoms with Crippen LogP contribution in [0, 0.1) is 17.8 Å². The van der Waals surface area contributed by atoms with E-state index in [9.17, 15) is 51.5 Å². The number of likely N-dealkylation sites (N-methyl/N-ethyl adjacent to an activating group) is 7. The Morgan fingerprint density at radius 1 is 0.622 bits per heavy atom. The Labute approximate surface area is 580 Å². The molecule has 8 atom stereocenters. The average molecular weight is 1400 g/mol. The maximum Gasteiger partial charge on any atom is 0.417 e. The van der Waals surface area contributed by atoms with Gasteiger partial charge in [0, 0.05) is 69.0 Å². The predicted octanol–water partition coefficient (Wildman–Crippen LogP) is 5.40. The van der Waals surface area contributed by atoms with Crippen molar-refractivity contribution in [2.24, 2.45) is 17.8 Å². The molecule has 6 fully saturated rings. The Balaban J connectivity index is 1.27. The molecule has 6 aliphatic rings. The fourth-order valence-electron chi connectivity index (χ4n) is 15.4. The Morgan fingerprint density at radius 3 is 1.85 bits per heavy atom. The van der Waals surface area contributed by atoms with E-state index in [-0.39, 0.29) is 57.4 Å². The Bertz CT molecular complexity index is 3060. The molecule has 3 saturated carbocycles. The summed E-state index contributed by atoms with van der Waals surface area (Å²) in [5, 5.41) is 8.14. The predicted molar refractivity (Wildman–Crippen MR) is 360 cm³/mol. The first-order valence-corrected chi connectivity index (χ1v) is 35.9. The summed E-state index contributed by atoms with van der Waals surface area (Å²) in [5.74, 6) is -8.49. The third-order valence-corrected chi connectivity index (χ3v) is 22.0. The van der Waals surface area contributed by atoms with Gasteiger partial charge in [-0.25, -0.2) is 0 Å². The Kier molecular flexibility index (Phi) is 27.8. The number of aryl methyl sites for hydroxylation is 1. The van der Waals surface area contributed by atoms with E-state index in [1.54, 1.807) is 11.8 Å². The summed E-state index contributed by atoms with van der Waals surface area (Å²) in [5.41, 5.74) is -2.33. The summed E-state index contributed by atoms with van der Waals surface area (Å²) in [4.78, 5) is 190. The van der Waals surface area contributed by atoms with Gasteiger partial charge in [-0.15, -0.1) is 0 Å². The van der Waals surface area contributed by atoms with Gasteiger partial charge in [0.25, 0.3) is 0 Å². The molecule has 1 spiro atoms. The summed E-state index contributed by atoms with van der Waals surface area (Å²) in [7, 11) is 9.97. The van der Waals surface area contributed by atoms with E-state index in [0.717, 1.165) is 71.8 Å². The molecule has 0 radical (unpaired) electrons. The van der Waals surface area contributed by atoms with E-state index in [1.165, 1.54) is 79.9 Å². The minimum absolute atomic E-state index is 0.0320. The number of nitrogens with one attached hydrogen (secondary N) is 3. The van der Waals surface area contributed by atoms with Crippen molar-refractivity contribution >= 4 is 82.5 Å². The van der Waals surface area contributed by atoms with Crippen LogP contribution in [-0.4, -0.2) is 251 Å². The molecular formula is C70H106ClF3N12O12. The van der Waals surface area contributed by atoms with Crippen LogP contribution >= 0.6 is 11.6 Å². The molecule has 3 saturated heterocycles. The summed E-state index contributed by atoms with van der Waals surface area (Å²) in [6.45, 7) is 4.55. The van der Waals surface area contributed by atoms with Crippen molar-refractivity contribution in [1.29, 1.82) is 0 Å². The molecule has 98 heavy (non-hydrogen) atoms. The highest BCUT2D eigenvalue weighted by Crippen LogP contribution is 2.38. The van der Waals surface area contributed by atoms with E-state index in [2.05, 4.69) is 16.0 Å². The molecule has 12 amide bonds. The van der Waals surface area contributed by atoms with Gasteiger partial charge >= 0.3 is 6.18 Å². The molecule has 0 aromatic heterocycles. The van der Waals surface area contributed by atoms with Crippen molar-refractivity contribution in [3.63, 3.8) is 0 Å². The number of rotatable bonds is 11. The van der Waals surface area contributed by atoms with Crippen LogP contribution in [0.2, 0.25) is 5.02 Å². The smallest absolute Gasteiger partial charge is 0.343 e. The van der Waals surface area contributed by atoms with E-state index in [4.69, 9.17) is 11.6 Å². The van der Waals surface area contributed by atoms with Crippen LogP contribution in [0.3, 0.4) is 0 Å². The van der Waals surface area contributed by atoms with Crippen molar-refractivity contribution in [2.45, 2.75) is 229 Å². The molecule has 546 valence electrons. The zero-order valence-corrected chi connectivity index (χ0v) is 59.9. The molecule has 28 heteroatoms. The quantitative estimate of drug-likeness (QED) is 0.252. The Morgan fingerprint density at radius 2 is 1.23 bits per heavy atom. The van der Waals surface area contributed by atoms with Gasteiger partial charge in [-0.1, -0.05) is 109 Å². The van der Waals surface area contributed by atoms with Crippen LogP contribution in [0.15, 0.2) is 18.2 Å². The van der Waals surface area contributed by atoms with Crippen LogP contribution in [0.5, 0.6) is 0 Å². The number of hydrogen-bond donors (Lipinski definition) is 3. The van der Waals surface area contributed by atoms with Crippen LogP contribution < -0.4 is 16.0 Å². The van der Waals surface area contributed by atoms with E-state index in [0.29, 0.717) is 76.4 Å². The van der Waals surface area contributed by atoms with Gasteiger partial charge in [0.1, 0.15) is 47.8 Å². The summed E-state index contributed by atoms with van der Waals surface area (Å²) in [6.07, 6.45) is 5.73. The number of carbonyl (C=O) groups excluding carboxylic acids is 12. The lowest BCUT2D eigenvalue weighted by Gasteiger charge is -2.43. The number of nitrogens with zero attached hydrogens (tertiary/aromatic N) is 9. The fraction of sp³-hybridized carbons (Fsp3) is 0.743. The lowest BCUT2D eigenvalue weighted by atomic mass is 9.81. The second-order valence-corrected chi connectivity index (χ2v) is 29.0. The second kappa shape index (κ2) is 34.8. The number of hydrogen-bond acceptors (Lipinski definition) is 12. The highest BCUT2D eigenvalue weighted by atomic mass is 35.5. The molecule has 7 rings (SSSR count). The van der Waals surface area contributed by atoms with E-state index >= 15 is 19.2 Å². The van der Waals surface area contributed by atoms with Gasteiger partial charge in [0.05, 0.1) is 36.6 Å². The molecular weight excluding hydrogens is 1290 g/mol. The zero-order valence-electron chi connectivity index (χ0n) is 59.2. The van der Waals surface area contributed by atoms with Crippen molar-refractivity contribution in [3.05, 3.63) is 34.3 Å². The molecule has 3 N–H and O–H groups in total. The fourth-order valence-corrected chi connectivity index (χ4v) is 15.7. The van der Waals surface area contributed by atoms with Crippen LogP contribution in [0.4, 0.5) is 13.2 Å². The van der Waals surface area contributed by atoms with Crippen LogP contribution in [0.25, 0.3) is 0 Å².